The lowest BCUT2D eigenvalue weighted by Crippen LogP contribution is -2.18. The predicted molar refractivity (Wildman–Crippen MR) is 77.7 cm³/mol. The Balaban J connectivity index is 2.33. The zero-order chi connectivity index (χ0) is 14.7. The number of aryl methyl sites for hydroxylation is 2. The van der Waals surface area contributed by atoms with Crippen LogP contribution in [0.4, 0.5) is 0 Å². The fourth-order valence-corrected chi connectivity index (χ4v) is 2.48. The molecule has 0 amide bonds. The highest BCUT2D eigenvalue weighted by atomic mass is 16.1. The van der Waals surface area contributed by atoms with E-state index in [9.17, 15) is 4.79 Å². The molecule has 2 rings (SSSR count). The molecule has 2 aromatic rings. The summed E-state index contributed by atoms with van der Waals surface area (Å²) in [5, 5.41) is 12.0. The summed E-state index contributed by atoms with van der Waals surface area (Å²) >= 11 is 0. The summed E-state index contributed by atoms with van der Waals surface area (Å²) in [4.78, 5) is 16.6. The Bertz CT molecular complexity index is 701. The van der Waals surface area contributed by atoms with E-state index >= 15 is 0 Å². The average molecular weight is 272 g/mol. The molecular formula is C15H20N4O. The van der Waals surface area contributed by atoms with Gasteiger partial charge in [0.2, 0.25) is 0 Å². The van der Waals surface area contributed by atoms with Crippen molar-refractivity contribution in [2.45, 2.75) is 46.5 Å². The van der Waals surface area contributed by atoms with Crippen LogP contribution in [0, 0.1) is 24.2 Å². The molecule has 1 N–H and O–H groups in total. The monoisotopic (exact) mass is 272 g/mol. The van der Waals surface area contributed by atoms with Crippen LogP contribution >= 0.6 is 0 Å². The number of pyridine rings is 1. The zero-order valence-corrected chi connectivity index (χ0v) is 12.2. The molecule has 2 heterocycles. The van der Waals surface area contributed by atoms with Crippen molar-refractivity contribution in [2.24, 2.45) is 5.92 Å². The van der Waals surface area contributed by atoms with Gasteiger partial charge in [0, 0.05) is 6.42 Å². The molecule has 0 saturated heterocycles. The number of nitriles is 1. The second kappa shape index (κ2) is 5.91. The van der Waals surface area contributed by atoms with Crippen LogP contribution < -0.4 is 5.56 Å². The quantitative estimate of drug-likeness (QED) is 0.909. The first-order chi connectivity index (χ1) is 9.60. The number of nitrogens with one attached hydrogen (secondary N) is 1. The maximum Gasteiger partial charge on any atom is 0.289 e. The maximum atomic E-state index is 12.1. The van der Waals surface area contributed by atoms with E-state index in [0.29, 0.717) is 17.1 Å². The maximum absolute atomic E-state index is 12.1. The van der Waals surface area contributed by atoms with Gasteiger partial charge in [-0.25, -0.2) is 4.98 Å². The molecule has 0 radical (unpaired) electrons. The molecule has 20 heavy (non-hydrogen) atoms. The van der Waals surface area contributed by atoms with E-state index in [-0.39, 0.29) is 11.1 Å². The van der Waals surface area contributed by atoms with E-state index in [1.807, 2.05) is 6.07 Å². The van der Waals surface area contributed by atoms with E-state index < -0.39 is 0 Å². The predicted octanol–water partition coefficient (Wildman–Crippen LogP) is 2.57. The van der Waals surface area contributed by atoms with Crippen LogP contribution in [0.15, 0.2) is 10.9 Å². The van der Waals surface area contributed by atoms with E-state index in [1.54, 1.807) is 13.0 Å². The summed E-state index contributed by atoms with van der Waals surface area (Å²) in [5.41, 5.74) is 1.13. The van der Waals surface area contributed by atoms with Crippen molar-refractivity contribution in [3.63, 3.8) is 0 Å². The number of aromatic amines is 1. The number of hydrogen-bond acceptors (Lipinski definition) is 3. The van der Waals surface area contributed by atoms with Crippen molar-refractivity contribution in [3.05, 3.63) is 33.4 Å². The highest BCUT2D eigenvalue weighted by Gasteiger charge is 2.12. The van der Waals surface area contributed by atoms with Crippen LogP contribution in [0.25, 0.3) is 5.65 Å². The summed E-state index contributed by atoms with van der Waals surface area (Å²) in [6.45, 7) is 6.15. The van der Waals surface area contributed by atoms with Gasteiger partial charge in [0.15, 0.2) is 5.65 Å². The van der Waals surface area contributed by atoms with Crippen LogP contribution in [0.2, 0.25) is 0 Å². The number of rotatable bonds is 5. The van der Waals surface area contributed by atoms with Crippen molar-refractivity contribution in [1.82, 2.24) is 14.6 Å². The van der Waals surface area contributed by atoms with Gasteiger partial charge in [-0.1, -0.05) is 26.7 Å². The third kappa shape index (κ3) is 2.60. The van der Waals surface area contributed by atoms with Crippen molar-refractivity contribution < 1.29 is 0 Å². The summed E-state index contributed by atoms with van der Waals surface area (Å²) in [7, 11) is 0. The summed E-state index contributed by atoms with van der Waals surface area (Å²) in [6, 6.07) is 3.73. The number of H-pyrrole nitrogens is 1. The van der Waals surface area contributed by atoms with E-state index in [2.05, 4.69) is 23.9 Å². The minimum atomic E-state index is -0.316. The van der Waals surface area contributed by atoms with E-state index in [0.717, 1.165) is 31.5 Å². The number of nitrogens with zero attached hydrogens (tertiary/aromatic N) is 3. The molecule has 5 heteroatoms. The number of fused-ring (bicyclic) bond motifs is 1. The van der Waals surface area contributed by atoms with Crippen LogP contribution in [0.3, 0.4) is 0 Å². The lowest BCUT2D eigenvalue weighted by Gasteiger charge is -2.09. The lowest BCUT2D eigenvalue weighted by molar-refractivity contribution is 0.451. The van der Waals surface area contributed by atoms with E-state index in [1.165, 1.54) is 4.52 Å². The van der Waals surface area contributed by atoms with Gasteiger partial charge in [-0.05, 0) is 30.9 Å². The Morgan fingerprint density at radius 3 is 2.75 bits per heavy atom. The molecule has 0 bridgehead atoms. The van der Waals surface area contributed by atoms with Gasteiger partial charge in [0.1, 0.15) is 17.5 Å². The van der Waals surface area contributed by atoms with Gasteiger partial charge in [-0.15, -0.1) is 0 Å². The van der Waals surface area contributed by atoms with Crippen LogP contribution in [0.5, 0.6) is 0 Å². The molecule has 0 spiro atoms. The first kappa shape index (κ1) is 14.3. The van der Waals surface area contributed by atoms with Gasteiger partial charge in [-0.2, -0.15) is 9.78 Å². The minimum Gasteiger partial charge on any atom is -0.276 e. The molecule has 0 unspecified atom stereocenters. The highest BCUT2D eigenvalue weighted by Crippen LogP contribution is 2.15. The molecule has 0 fully saturated rings. The van der Waals surface area contributed by atoms with Crippen molar-refractivity contribution in [3.8, 4) is 6.07 Å². The molecular weight excluding hydrogens is 252 g/mol. The van der Waals surface area contributed by atoms with E-state index in [4.69, 9.17) is 5.26 Å². The Labute approximate surface area is 118 Å². The molecule has 5 nitrogen and oxygen atoms in total. The summed E-state index contributed by atoms with van der Waals surface area (Å²) in [6.07, 6.45) is 4.21. The third-order valence-corrected chi connectivity index (χ3v) is 3.93. The Kier molecular flexibility index (Phi) is 4.23. The van der Waals surface area contributed by atoms with Gasteiger partial charge >= 0.3 is 0 Å². The molecule has 0 saturated carbocycles. The molecule has 0 atom stereocenters. The topological polar surface area (TPSA) is 73.9 Å². The summed E-state index contributed by atoms with van der Waals surface area (Å²) < 4.78 is 1.37. The molecule has 2 aromatic heterocycles. The first-order valence-electron chi connectivity index (χ1n) is 7.12. The van der Waals surface area contributed by atoms with Gasteiger partial charge < -0.3 is 0 Å². The second-order valence-corrected chi connectivity index (χ2v) is 5.20. The molecule has 106 valence electrons. The lowest BCUT2D eigenvalue weighted by atomic mass is 9.97. The van der Waals surface area contributed by atoms with Crippen molar-refractivity contribution in [2.75, 3.05) is 0 Å². The van der Waals surface area contributed by atoms with Gasteiger partial charge in [-0.3, -0.25) is 9.89 Å². The van der Waals surface area contributed by atoms with Gasteiger partial charge in [0.05, 0.1) is 0 Å². The molecule has 0 aliphatic carbocycles. The fourth-order valence-electron chi connectivity index (χ4n) is 2.48. The Morgan fingerprint density at radius 2 is 2.15 bits per heavy atom. The van der Waals surface area contributed by atoms with Gasteiger partial charge in [0.25, 0.3) is 5.56 Å². The minimum absolute atomic E-state index is 0.178. The number of aromatic nitrogens is 3. The second-order valence-electron chi connectivity index (χ2n) is 5.20. The van der Waals surface area contributed by atoms with Crippen molar-refractivity contribution >= 4 is 5.65 Å². The largest absolute Gasteiger partial charge is 0.289 e. The van der Waals surface area contributed by atoms with Crippen LogP contribution in [-0.2, 0) is 6.42 Å². The SMILES string of the molecule is CCC(CC)CCc1nc2cc(C)c(C#N)c(=O)n2[nH]1. The molecule has 0 aliphatic rings. The first-order valence-corrected chi connectivity index (χ1v) is 7.12. The Morgan fingerprint density at radius 1 is 1.45 bits per heavy atom. The third-order valence-electron chi connectivity index (χ3n) is 3.93. The smallest absolute Gasteiger partial charge is 0.276 e. The van der Waals surface area contributed by atoms with Crippen molar-refractivity contribution in [1.29, 1.82) is 5.26 Å². The fraction of sp³-hybridized carbons (Fsp3) is 0.533. The summed E-state index contributed by atoms with van der Waals surface area (Å²) in [5.74, 6) is 1.50. The van der Waals surface area contributed by atoms with Crippen LogP contribution in [0.1, 0.15) is 50.1 Å². The normalized spacial score (nSPS) is 11.2. The highest BCUT2D eigenvalue weighted by molar-refractivity contribution is 5.47. The number of hydrogen-bond donors (Lipinski definition) is 1. The zero-order valence-electron chi connectivity index (χ0n) is 12.2. The Hall–Kier alpha value is -2.09. The standard InChI is InChI=1S/C15H20N4O/c1-4-11(5-2)6-7-13-17-14-8-10(3)12(9-16)15(20)19(14)18-13/h8,11H,4-7H2,1-3H3,(H,17,18). The molecule has 0 aromatic carbocycles. The molecule has 0 aliphatic heterocycles. The average Bonchev–Trinajstić information content (AvgIpc) is 2.83. The van der Waals surface area contributed by atoms with Crippen LogP contribution in [-0.4, -0.2) is 14.6 Å².